The molecular weight excluding hydrogens is 336 g/mol. The van der Waals surface area contributed by atoms with Crippen LogP contribution < -0.4 is 5.48 Å². The van der Waals surface area contributed by atoms with E-state index in [2.05, 4.69) is 15.4 Å². The molecule has 0 bridgehead atoms. The number of hydrogen-bond acceptors (Lipinski definition) is 2. The van der Waals surface area contributed by atoms with E-state index in [4.69, 9.17) is 4.84 Å². The van der Waals surface area contributed by atoms with Gasteiger partial charge in [-0.25, -0.2) is 8.78 Å². The fourth-order valence-corrected chi connectivity index (χ4v) is 4.27. The number of hydroxylamine groups is 1. The molecule has 134 valence electrons. The lowest BCUT2D eigenvalue weighted by atomic mass is 9.95. The Kier molecular flexibility index (Phi) is 2.63. The predicted molar refractivity (Wildman–Crippen MR) is 103 cm³/mol. The summed E-state index contributed by atoms with van der Waals surface area (Å²) in [6.45, 7) is 0.875. The van der Waals surface area contributed by atoms with Crippen LogP contribution in [0.4, 0.5) is 8.78 Å². The molecule has 3 N–H and O–H groups in total. The van der Waals surface area contributed by atoms with E-state index in [1.54, 1.807) is 12.1 Å². The minimum atomic E-state index is -0.308. The Morgan fingerprint density at radius 2 is 1.35 bits per heavy atom. The highest BCUT2D eigenvalue weighted by Gasteiger charge is 2.24. The molecular formula is C20H19F2N3O. The molecule has 3 aromatic carbocycles. The SMILES string of the molecule is Fc1cccc2c1[nH]c1c3[nH]c4c(F)cccc4c3c3c(c21)CNOC3.[HH].[HH].[HH]. The molecule has 0 spiro atoms. The van der Waals surface area contributed by atoms with Gasteiger partial charge in [-0.15, -0.1) is 0 Å². The molecule has 26 heavy (non-hydrogen) atoms. The van der Waals surface area contributed by atoms with Gasteiger partial charge in [0.15, 0.2) is 0 Å². The molecule has 5 aromatic rings. The molecule has 6 rings (SSSR count). The van der Waals surface area contributed by atoms with Gasteiger partial charge in [-0.3, -0.25) is 4.84 Å². The molecule has 0 unspecified atom stereocenters. The maximum absolute atomic E-state index is 14.4. The van der Waals surface area contributed by atoms with Gasteiger partial charge in [-0.05, 0) is 23.3 Å². The topological polar surface area (TPSA) is 52.8 Å². The second kappa shape index (κ2) is 4.81. The Morgan fingerprint density at radius 1 is 0.769 bits per heavy atom. The van der Waals surface area contributed by atoms with Crippen LogP contribution in [0.25, 0.3) is 43.6 Å². The smallest absolute Gasteiger partial charge is 0.147 e. The van der Waals surface area contributed by atoms with Crippen molar-refractivity contribution >= 4 is 43.6 Å². The van der Waals surface area contributed by atoms with Crippen LogP contribution in [0.3, 0.4) is 0 Å². The first kappa shape index (κ1) is 14.2. The standard InChI is InChI=1S/C20H13F2N3O.3H2/c21-13-5-1-3-9-15-11-7-23-26-8-12(11)16-10-4-2-6-14(22)18(10)25-20(16)19(15)24-17(9)13;;;/h1-6,23-25H,7-8H2;3*1H. The van der Waals surface area contributed by atoms with Crippen molar-refractivity contribution in [1.82, 2.24) is 15.4 Å². The van der Waals surface area contributed by atoms with Crippen molar-refractivity contribution in [2.24, 2.45) is 0 Å². The lowest BCUT2D eigenvalue weighted by Gasteiger charge is -2.20. The lowest BCUT2D eigenvalue weighted by molar-refractivity contribution is 0.0122. The summed E-state index contributed by atoms with van der Waals surface area (Å²) < 4.78 is 28.8. The van der Waals surface area contributed by atoms with Gasteiger partial charge >= 0.3 is 0 Å². The monoisotopic (exact) mass is 355 g/mol. The van der Waals surface area contributed by atoms with Crippen LogP contribution in [0.5, 0.6) is 0 Å². The second-order valence-corrected chi connectivity index (χ2v) is 6.64. The zero-order valence-corrected chi connectivity index (χ0v) is 13.5. The molecule has 0 radical (unpaired) electrons. The molecule has 1 aliphatic rings. The summed E-state index contributed by atoms with van der Waals surface area (Å²) in [6, 6.07) is 10.1. The first-order valence-electron chi connectivity index (χ1n) is 8.42. The molecule has 0 saturated carbocycles. The van der Waals surface area contributed by atoms with Gasteiger partial charge in [0, 0.05) is 32.4 Å². The number of rotatable bonds is 0. The lowest BCUT2D eigenvalue weighted by Crippen LogP contribution is -2.21. The van der Waals surface area contributed by atoms with Crippen molar-refractivity contribution in [1.29, 1.82) is 0 Å². The molecule has 0 amide bonds. The summed E-state index contributed by atoms with van der Waals surface area (Å²) >= 11 is 0. The molecule has 4 nitrogen and oxygen atoms in total. The van der Waals surface area contributed by atoms with E-state index in [1.165, 1.54) is 12.1 Å². The van der Waals surface area contributed by atoms with E-state index in [-0.39, 0.29) is 15.9 Å². The molecule has 3 heterocycles. The van der Waals surface area contributed by atoms with E-state index < -0.39 is 0 Å². The van der Waals surface area contributed by atoms with E-state index in [0.717, 1.165) is 43.7 Å². The molecule has 1 aliphatic heterocycles. The molecule has 0 atom stereocenters. The fourth-order valence-electron chi connectivity index (χ4n) is 4.27. The summed E-state index contributed by atoms with van der Waals surface area (Å²) in [6.07, 6.45) is 0. The number of nitrogens with one attached hydrogen (secondary N) is 3. The number of halogens is 2. The Labute approximate surface area is 150 Å². The molecule has 2 aromatic heterocycles. The van der Waals surface area contributed by atoms with E-state index in [1.807, 2.05) is 12.1 Å². The second-order valence-electron chi connectivity index (χ2n) is 6.64. The van der Waals surface area contributed by atoms with Crippen LogP contribution >= 0.6 is 0 Å². The van der Waals surface area contributed by atoms with Crippen molar-refractivity contribution in [2.45, 2.75) is 13.2 Å². The van der Waals surface area contributed by atoms with Crippen molar-refractivity contribution in [3.8, 4) is 0 Å². The van der Waals surface area contributed by atoms with Gasteiger partial charge in [0.05, 0.1) is 28.7 Å². The number of aromatic nitrogens is 2. The zero-order chi connectivity index (χ0) is 17.4. The normalized spacial score (nSPS) is 14.7. The van der Waals surface area contributed by atoms with Gasteiger partial charge < -0.3 is 9.97 Å². The summed E-state index contributed by atoms with van der Waals surface area (Å²) in [4.78, 5) is 11.9. The number of aromatic amines is 2. The van der Waals surface area contributed by atoms with Crippen LogP contribution in [0.1, 0.15) is 15.4 Å². The number of fused-ring (bicyclic) bond motifs is 10. The summed E-state index contributed by atoms with van der Waals surface area (Å²) in [5.41, 5.74) is 7.47. The average molecular weight is 355 g/mol. The van der Waals surface area contributed by atoms with Gasteiger partial charge in [-0.2, -0.15) is 5.48 Å². The van der Waals surface area contributed by atoms with E-state index in [0.29, 0.717) is 24.2 Å². The number of hydrogen-bond donors (Lipinski definition) is 3. The van der Waals surface area contributed by atoms with Crippen molar-refractivity contribution < 1.29 is 17.9 Å². The van der Waals surface area contributed by atoms with E-state index in [9.17, 15) is 8.78 Å². The largest absolute Gasteiger partial charge is 0.350 e. The van der Waals surface area contributed by atoms with Crippen LogP contribution in [-0.4, -0.2) is 9.97 Å². The molecule has 0 saturated heterocycles. The van der Waals surface area contributed by atoms with Gasteiger partial charge in [0.2, 0.25) is 0 Å². The number of H-pyrrole nitrogens is 2. The summed E-state index contributed by atoms with van der Waals surface area (Å²) in [7, 11) is 0. The van der Waals surface area contributed by atoms with Gasteiger partial charge in [0.25, 0.3) is 0 Å². The zero-order valence-electron chi connectivity index (χ0n) is 13.5. The highest BCUT2D eigenvalue weighted by molar-refractivity contribution is 6.24. The fraction of sp³-hybridized carbons (Fsp3) is 0.100. The highest BCUT2D eigenvalue weighted by atomic mass is 19.1. The first-order valence-corrected chi connectivity index (χ1v) is 8.42. The van der Waals surface area contributed by atoms with Gasteiger partial charge in [-0.1, -0.05) is 24.3 Å². The third-order valence-corrected chi connectivity index (χ3v) is 5.35. The maximum Gasteiger partial charge on any atom is 0.147 e. The number of benzene rings is 3. The first-order chi connectivity index (χ1) is 12.7. The minimum Gasteiger partial charge on any atom is -0.350 e. The molecule has 0 aliphatic carbocycles. The van der Waals surface area contributed by atoms with E-state index >= 15 is 0 Å². The van der Waals surface area contributed by atoms with Gasteiger partial charge in [0.1, 0.15) is 11.6 Å². The summed E-state index contributed by atoms with van der Waals surface area (Å²) in [5, 5.41) is 3.50. The Bertz CT molecular complexity index is 1270. The molecule has 6 heteroatoms. The van der Waals surface area contributed by atoms with Crippen molar-refractivity contribution in [3.05, 3.63) is 59.2 Å². The Balaban J connectivity index is 0.000000801. The van der Waals surface area contributed by atoms with Crippen molar-refractivity contribution in [3.63, 3.8) is 0 Å². The third-order valence-electron chi connectivity index (χ3n) is 5.35. The quantitative estimate of drug-likeness (QED) is 0.343. The molecule has 0 fully saturated rings. The van der Waals surface area contributed by atoms with Crippen molar-refractivity contribution in [2.75, 3.05) is 0 Å². The highest BCUT2D eigenvalue weighted by Crippen LogP contribution is 2.42. The minimum absolute atomic E-state index is 0. The average Bonchev–Trinajstić information content (AvgIpc) is 3.23. The van der Waals surface area contributed by atoms with Crippen LogP contribution in [0.2, 0.25) is 0 Å². The third kappa shape index (κ3) is 1.63. The number of para-hydroxylation sites is 2. The maximum atomic E-state index is 14.4. The Morgan fingerprint density at radius 3 is 1.96 bits per heavy atom. The Hall–Kier alpha value is -2.96. The van der Waals surface area contributed by atoms with Crippen LogP contribution in [-0.2, 0) is 18.0 Å². The van der Waals surface area contributed by atoms with Crippen LogP contribution in [0, 0.1) is 11.6 Å². The predicted octanol–water partition coefficient (Wildman–Crippen LogP) is 5.51. The summed E-state index contributed by atoms with van der Waals surface area (Å²) in [5.74, 6) is -0.611. The van der Waals surface area contributed by atoms with Crippen LogP contribution in [0.15, 0.2) is 36.4 Å².